The molecule has 4 heteroatoms. The summed E-state index contributed by atoms with van der Waals surface area (Å²) in [6.45, 7) is 1.93. The van der Waals surface area contributed by atoms with E-state index in [9.17, 15) is 8.42 Å². The van der Waals surface area contributed by atoms with Crippen LogP contribution in [0, 0.1) is 11.3 Å². The fourth-order valence-corrected chi connectivity index (χ4v) is 2.72. The Kier molecular flexibility index (Phi) is 4.92. The van der Waals surface area contributed by atoms with Gasteiger partial charge in [-0.2, -0.15) is 5.26 Å². The molecule has 0 bridgehead atoms. The molecular formula is C13H15NO2S. The van der Waals surface area contributed by atoms with Crippen LogP contribution in [0.4, 0.5) is 0 Å². The summed E-state index contributed by atoms with van der Waals surface area (Å²) in [5.74, 6) is 0.0987. The third-order valence-electron chi connectivity index (χ3n) is 2.29. The molecule has 0 aromatic heterocycles. The van der Waals surface area contributed by atoms with Crippen LogP contribution in [-0.2, 0) is 9.84 Å². The number of rotatable bonds is 5. The molecule has 0 unspecified atom stereocenters. The monoisotopic (exact) mass is 249 g/mol. The van der Waals surface area contributed by atoms with E-state index in [4.69, 9.17) is 5.26 Å². The SMILES string of the molecule is CCCCS(=O)(=O)/C=C(/C#N)c1ccccc1. The first kappa shape index (κ1) is 13.5. The summed E-state index contributed by atoms with van der Waals surface area (Å²) >= 11 is 0. The fourth-order valence-electron chi connectivity index (χ4n) is 1.36. The summed E-state index contributed by atoms with van der Waals surface area (Å²) in [4.78, 5) is 0. The Bertz CT molecular complexity index is 524. The molecule has 0 spiro atoms. The maximum atomic E-state index is 11.7. The van der Waals surface area contributed by atoms with Crippen LogP contribution >= 0.6 is 0 Å². The van der Waals surface area contributed by atoms with Gasteiger partial charge in [0.15, 0.2) is 9.84 Å². The van der Waals surface area contributed by atoms with Gasteiger partial charge in [-0.05, 0) is 12.0 Å². The number of hydrogen-bond acceptors (Lipinski definition) is 3. The molecule has 17 heavy (non-hydrogen) atoms. The summed E-state index contributed by atoms with van der Waals surface area (Å²) in [6.07, 6.45) is 1.44. The van der Waals surface area contributed by atoms with Gasteiger partial charge < -0.3 is 0 Å². The normalized spacial score (nSPS) is 12.1. The van der Waals surface area contributed by atoms with Gasteiger partial charge in [0.1, 0.15) is 6.07 Å². The molecule has 1 aromatic rings. The van der Waals surface area contributed by atoms with Crippen molar-refractivity contribution < 1.29 is 8.42 Å². The molecule has 0 radical (unpaired) electrons. The Hall–Kier alpha value is -1.60. The smallest absolute Gasteiger partial charge is 0.172 e. The maximum Gasteiger partial charge on any atom is 0.172 e. The first-order chi connectivity index (χ1) is 8.09. The molecule has 0 N–H and O–H groups in total. The Balaban J connectivity index is 3.01. The van der Waals surface area contributed by atoms with Crippen LogP contribution < -0.4 is 0 Å². The van der Waals surface area contributed by atoms with Crippen LogP contribution in [0.5, 0.6) is 0 Å². The lowest BCUT2D eigenvalue weighted by atomic mass is 10.1. The van der Waals surface area contributed by atoms with Crippen molar-refractivity contribution >= 4 is 15.4 Å². The lowest BCUT2D eigenvalue weighted by Crippen LogP contribution is -2.02. The lowest BCUT2D eigenvalue weighted by Gasteiger charge is -2.00. The molecule has 0 saturated carbocycles. The highest BCUT2D eigenvalue weighted by atomic mass is 32.2. The van der Waals surface area contributed by atoms with Gasteiger partial charge in [0.25, 0.3) is 0 Å². The van der Waals surface area contributed by atoms with Crippen LogP contribution in [0.1, 0.15) is 25.3 Å². The number of nitrogens with zero attached hydrogens (tertiary/aromatic N) is 1. The first-order valence-corrected chi connectivity index (χ1v) is 7.20. The molecule has 0 aliphatic carbocycles. The summed E-state index contributed by atoms with van der Waals surface area (Å²) in [7, 11) is -3.29. The fraction of sp³-hybridized carbons (Fsp3) is 0.308. The Labute approximate surface area is 102 Å². The minimum absolute atomic E-state index is 0.0987. The molecule has 0 heterocycles. The molecule has 0 amide bonds. The number of hydrogen-bond donors (Lipinski definition) is 0. The highest BCUT2D eigenvalue weighted by Gasteiger charge is 2.09. The minimum atomic E-state index is -3.29. The molecule has 0 aliphatic rings. The zero-order valence-corrected chi connectivity index (χ0v) is 10.6. The second-order valence-corrected chi connectivity index (χ2v) is 5.70. The maximum absolute atomic E-state index is 11.7. The number of allylic oxidation sites excluding steroid dienone is 1. The van der Waals surface area contributed by atoms with Crippen LogP contribution in [-0.4, -0.2) is 14.2 Å². The summed E-state index contributed by atoms with van der Waals surface area (Å²) in [5, 5.41) is 10.1. The molecule has 90 valence electrons. The number of nitriles is 1. The van der Waals surface area contributed by atoms with Crippen molar-refractivity contribution in [2.45, 2.75) is 19.8 Å². The third kappa shape index (κ3) is 4.41. The van der Waals surface area contributed by atoms with Gasteiger partial charge in [0.2, 0.25) is 0 Å². The lowest BCUT2D eigenvalue weighted by molar-refractivity contribution is 0.601. The van der Waals surface area contributed by atoms with E-state index in [1.165, 1.54) is 0 Å². The molecule has 3 nitrogen and oxygen atoms in total. The molecule has 1 rings (SSSR count). The quantitative estimate of drug-likeness (QED) is 0.754. The zero-order chi connectivity index (χ0) is 12.7. The molecule has 0 aliphatic heterocycles. The van der Waals surface area contributed by atoms with Gasteiger partial charge in [-0.25, -0.2) is 8.42 Å². The minimum Gasteiger partial charge on any atom is -0.224 e. The highest BCUT2D eigenvalue weighted by molar-refractivity contribution is 7.94. The summed E-state index contributed by atoms with van der Waals surface area (Å²) < 4.78 is 23.4. The molecule has 0 fully saturated rings. The van der Waals surface area contributed by atoms with Gasteiger partial charge in [-0.1, -0.05) is 43.7 Å². The average molecular weight is 249 g/mol. The second-order valence-electron chi connectivity index (χ2n) is 3.73. The predicted octanol–water partition coefficient (Wildman–Crippen LogP) is 2.77. The van der Waals surface area contributed by atoms with Gasteiger partial charge >= 0.3 is 0 Å². The first-order valence-electron chi connectivity index (χ1n) is 5.49. The van der Waals surface area contributed by atoms with E-state index < -0.39 is 9.84 Å². The van der Waals surface area contributed by atoms with Crippen molar-refractivity contribution in [3.63, 3.8) is 0 Å². The summed E-state index contributed by atoms with van der Waals surface area (Å²) in [6, 6.07) is 10.8. The van der Waals surface area contributed by atoms with Crippen LogP contribution in [0.25, 0.3) is 5.57 Å². The summed E-state index contributed by atoms with van der Waals surface area (Å²) in [5.41, 5.74) is 0.830. The molecule has 1 aromatic carbocycles. The van der Waals surface area contributed by atoms with Crippen molar-refractivity contribution in [3.05, 3.63) is 41.3 Å². The Morgan fingerprint density at radius 3 is 2.53 bits per heavy atom. The van der Waals surface area contributed by atoms with E-state index in [2.05, 4.69) is 0 Å². The largest absolute Gasteiger partial charge is 0.224 e. The van der Waals surface area contributed by atoms with Crippen LogP contribution in [0.3, 0.4) is 0 Å². The van der Waals surface area contributed by atoms with Crippen molar-refractivity contribution in [2.75, 3.05) is 5.75 Å². The van der Waals surface area contributed by atoms with Gasteiger partial charge in [-0.3, -0.25) is 0 Å². The van der Waals surface area contributed by atoms with E-state index in [1.54, 1.807) is 24.3 Å². The van der Waals surface area contributed by atoms with Crippen molar-refractivity contribution in [3.8, 4) is 6.07 Å². The number of unbranched alkanes of at least 4 members (excludes halogenated alkanes) is 1. The van der Waals surface area contributed by atoms with Crippen LogP contribution in [0.2, 0.25) is 0 Å². The molecule has 0 saturated heterocycles. The molecular weight excluding hydrogens is 234 g/mol. The Morgan fingerprint density at radius 2 is 2.00 bits per heavy atom. The second kappa shape index (κ2) is 6.21. The predicted molar refractivity (Wildman–Crippen MR) is 68.7 cm³/mol. The number of benzene rings is 1. The van der Waals surface area contributed by atoms with Crippen LogP contribution in [0.15, 0.2) is 35.7 Å². The van der Waals surface area contributed by atoms with Crippen molar-refractivity contribution in [2.24, 2.45) is 0 Å². The van der Waals surface area contributed by atoms with E-state index in [1.807, 2.05) is 19.1 Å². The van der Waals surface area contributed by atoms with E-state index in [0.717, 1.165) is 11.8 Å². The van der Waals surface area contributed by atoms with E-state index >= 15 is 0 Å². The topological polar surface area (TPSA) is 57.9 Å². The zero-order valence-electron chi connectivity index (χ0n) is 9.76. The van der Waals surface area contributed by atoms with Gasteiger partial charge in [0, 0.05) is 5.41 Å². The van der Waals surface area contributed by atoms with Gasteiger partial charge in [-0.15, -0.1) is 0 Å². The molecule has 0 atom stereocenters. The Morgan fingerprint density at radius 1 is 1.35 bits per heavy atom. The van der Waals surface area contributed by atoms with Crippen molar-refractivity contribution in [1.29, 1.82) is 5.26 Å². The highest BCUT2D eigenvalue weighted by Crippen LogP contribution is 2.15. The van der Waals surface area contributed by atoms with E-state index in [0.29, 0.717) is 12.0 Å². The number of sulfone groups is 1. The van der Waals surface area contributed by atoms with Gasteiger partial charge in [0.05, 0.1) is 11.3 Å². The van der Waals surface area contributed by atoms with Crippen molar-refractivity contribution in [1.82, 2.24) is 0 Å². The average Bonchev–Trinajstić information content (AvgIpc) is 2.35. The van der Waals surface area contributed by atoms with E-state index in [-0.39, 0.29) is 11.3 Å². The standard InChI is InChI=1S/C13H15NO2S/c1-2-3-9-17(15,16)11-13(10-14)12-7-5-4-6-8-12/h4-8,11H,2-3,9H2,1H3/b13-11-. The third-order valence-corrected chi connectivity index (χ3v) is 3.74.